The highest BCUT2D eigenvalue weighted by atomic mass is 35.5. The third-order valence-corrected chi connectivity index (χ3v) is 10.7. The summed E-state index contributed by atoms with van der Waals surface area (Å²) in [6.07, 6.45) is 8.10. The maximum atomic E-state index is 12.7. The highest BCUT2D eigenvalue weighted by Crippen LogP contribution is 2.42. The fourth-order valence-corrected chi connectivity index (χ4v) is 8.47. The van der Waals surface area contributed by atoms with E-state index >= 15 is 0 Å². The SMILES string of the molecule is C[C@@H]1Cc2ncnc(N3C[C@H]4CC[C@@H](C3)[C@H]4NS(=O)(=O)C3CC3)c2CN1c1cc(Cl)nc2[nH]ccc12. The van der Waals surface area contributed by atoms with E-state index in [1.807, 2.05) is 18.3 Å². The molecular formula is C25H30ClN7O2S. The van der Waals surface area contributed by atoms with Crippen molar-refractivity contribution >= 4 is 44.2 Å². The summed E-state index contributed by atoms with van der Waals surface area (Å²) in [5.74, 6) is 1.60. The van der Waals surface area contributed by atoms with E-state index in [1.165, 1.54) is 0 Å². The second kappa shape index (κ2) is 8.29. The third kappa shape index (κ3) is 3.76. The van der Waals surface area contributed by atoms with Gasteiger partial charge < -0.3 is 14.8 Å². The Kier molecular flexibility index (Phi) is 5.24. The quantitative estimate of drug-likeness (QED) is 0.490. The maximum absolute atomic E-state index is 12.7. The molecule has 2 N–H and O–H groups in total. The Hall–Kier alpha value is -2.43. The Morgan fingerprint density at radius 2 is 1.92 bits per heavy atom. The van der Waals surface area contributed by atoms with Crippen molar-refractivity contribution in [2.45, 2.75) is 62.9 Å². The number of H-pyrrole nitrogens is 1. The summed E-state index contributed by atoms with van der Waals surface area (Å²) in [6, 6.07) is 4.28. The van der Waals surface area contributed by atoms with Crippen LogP contribution in [0.1, 0.15) is 43.9 Å². The average molecular weight is 528 g/mol. The molecular weight excluding hydrogens is 498 g/mol. The first-order chi connectivity index (χ1) is 17.4. The number of piperidine rings is 1. The van der Waals surface area contributed by atoms with Crippen LogP contribution in [-0.2, 0) is 23.0 Å². The fraction of sp³-hybridized carbons (Fsp3) is 0.560. The Bertz CT molecular complexity index is 1430. The van der Waals surface area contributed by atoms with Crippen LogP contribution in [0.4, 0.5) is 11.5 Å². The van der Waals surface area contributed by atoms with Gasteiger partial charge in [0.15, 0.2) is 0 Å². The molecule has 0 unspecified atom stereocenters. The van der Waals surface area contributed by atoms with Gasteiger partial charge >= 0.3 is 0 Å². The lowest BCUT2D eigenvalue weighted by molar-refractivity contribution is 0.329. The van der Waals surface area contributed by atoms with Gasteiger partial charge in [0.05, 0.1) is 16.6 Å². The van der Waals surface area contributed by atoms with Gasteiger partial charge in [-0.05, 0) is 56.6 Å². The van der Waals surface area contributed by atoms with Gasteiger partial charge in [0, 0.05) is 55.3 Å². The highest BCUT2D eigenvalue weighted by molar-refractivity contribution is 7.90. The van der Waals surface area contributed by atoms with E-state index in [9.17, 15) is 8.42 Å². The lowest BCUT2D eigenvalue weighted by Crippen LogP contribution is -2.53. The fourth-order valence-electron chi connectivity index (χ4n) is 6.57. The number of nitrogens with zero attached hydrogens (tertiary/aromatic N) is 5. The monoisotopic (exact) mass is 527 g/mol. The summed E-state index contributed by atoms with van der Waals surface area (Å²) >= 11 is 6.38. The number of hydrogen-bond donors (Lipinski definition) is 2. The van der Waals surface area contributed by atoms with Crippen LogP contribution in [0.5, 0.6) is 0 Å². The number of aromatic nitrogens is 4. The molecule has 0 radical (unpaired) electrons. The number of sulfonamides is 1. The molecule has 9 nitrogen and oxygen atoms in total. The molecule has 0 spiro atoms. The molecule has 7 rings (SSSR count). The lowest BCUT2D eigenvalue weighted by atomic mass is 9.92. The number of hydrogen-bond acceptors (Lipinski definition) is 7. The van der Waals surface area contributed by atoms with Crippen LogP contribution >= 0.6 is 11.6 Å². The van der Waals surface area contributed by atoms with Crippen molar-refractivity contribution in [2.24, 2.45) is 11.8 Å². The van der Waals surface area contributed by atoms with Crippen LogP contribution in [0.25, 0.3) is 11.0 Å². The number of pyridine rings is 1. The molecule has 2 aliphatic heterocycles. The molecule has 190 valence electrons. The lowest BCUT2D eigenvalue weighted by Gasteiger charge is -2.42. The van der Waals surface area contributed by atoms with Gasteiger partial charge in [-0.15, -0.1) is 0 Å². The van der Waals surface area contributed by atoms with Crippen molar-refractivity contribution < 1.29 is 8.42 Å². The molecule has 2 bridgehead atoms. The van der Waals surface area contributed by atoms with Crippen LogP contribution in [-0.4, -0.2) is 58.8 Å². The zero-order valence-electron chi connectivity index (χ0n) is 20.2. The van der Waals surface area contributed by atoms with E-state index in [0.29, 0.717) is 23.5 Å². The number of rotatable bonds is 5. The molecule has 3 aromatic rings. The van der Waals surface area contributed by atoms with Crippen LogP contribution in [0, 0.1) is 11.8 Å². The summed E-state index contributed by atoms with van der Waals surface area (Å²) in [4.78, 5) is 21.8. The van der Waals surface area contributed by atoms with E-state index < -0.39 is 10.0 Å². The molecule has 0 aromatic carbocycles. The highest BCUT2D eigenvalue weighted by Gasteiger charge is 2.47. The van der Waals surface area contributed by atoms with Crippen LogP contribution < -0.4 is 14.5 Å². The smallest absolute Gasteiger partial charge is 0.214 e. The topological polar surface area (TPSA) is 107 Å². The van der Waals surface area contributed by atoms with Crippen molar-refractivity contribution in [3.8, 4) is 0 Å². The minimum absolute atomic E-state index is 0.0434. The van der Waals surface area contributed by atoms with E-state index in [1.54, 1.807) is 6.33 Å². The van der Waals surface area contributed by atoms with Crippen LogP contribution in [0.15, 0.2) is 24.7 Å². The van der Waals surface area contributed by atoms with Gasteiger partial charge in [-0.25, -0.2) is 28.1 Å². The Morgan fingerprint density at radius 1 is 1.14 bits per heavy atom. The van der Waals surface area contributed by atoms with Crippen molar-refractivity contribution in [3.05, 3.63) is 41.1 Å². The Labute approximate surface area is 215 Å². The number of aromatic amines is 1. The Morgan fingerprint density at radius 3 is 2.67 bits per heavy atom. The average Bonchev–Trinajstić information content (AvgIpc) is 3.58. The van der Waals surface area contributed by atoms with Gasteiger partial charge in [-0.2, -0.15) is 0 Å². The van der Waals surface area contributed by atoms with Gasteiger partial charge in [0.25, 0.3) is 0 Å². The molecule has 4 atom stereocenters. The second-order valence-corrected chi connectivity index (χ2v) is 13.3. The molecule has 3 aromatic heterocycles. The van der Waals surface area contributed by atoms with Crippen molar-refractivity contribution in [3.63, 3.8) is 0 Å². The molecule has 1 saturated heterocycles. The molecule has 4 aliphatic rings. The predicted octanol–water partition coefficient (Wildman–Crippen LogP) is 3.25. The summed E-state index contributed by atoms with van der Waals surface area (Å²) < 4.78 is 28.4. The standard InChI is InChI=1S/C25H30ClN7O2S/c1-14-8-20-19(12-33(14)21-9-22(26)30-24-18(21)6-7-27-24)25(29-13-28-20)32-10-15-2-3-16(11-32)23(15)31-36(34,35)17-4-5-17/h6-7,9,13-17,23,31H,2-5,8,10-12H2,1H3,(H,27,30)/t14-,15-,16+,23+/m1/s1. The molecule has 11 heteroatoms. The number of halogens is 1. The normalized spacial score (nSPS) is 28.1. The minimum Gasteiger partial charge on any atom is -0.363 e. The molecule has 0 amide bonds. The first-order valence-corrected chi connectivity index (χ1v) is 14.8. The number of fused-ring (bicyclic) bond motifs is 4. The van der Waals surface area contributed by atoms with Gasteiger partial charge in [-0.1, -0.05) is 11.6 Å². The maximum Gasteiger partial charge on any atom is 0.214 e. The minimum atomic E-state index is -3.19. The van der Waals surface area contributed by atoms with Crippen molar-refractivity contribution in [2.75, 3.05) is 22.9 Å². The van der Waals surface area contributed by atoms with E-state index in [-0.39, 0.29) is 17.3 Å². The largest absolute Gasteiger partial charge is 0.363 e. The number of anilines is 2. The van der Waals surface area contributed by atoms with Crippen molar-refractivity contribution in [1.29, 1.82) is 0 Å². The summed E-state index contributed by atoms with van der Waals surface area (Å²) in [5.41, 5.74) is 4.10. The summed E-state index contributed by atoms with van der Waals surface area (Å²) in [5, 5.41) is 1.34. The van der Waals surface area contributed by atoms with E-state index in [4.69, 9.17) is 16.6 Å². The first-order valence-electron chi connectivity index (χ1n) is 12.9. The molecule has 2 saturated carbocycles. The molecule has 3 fully saturated rings. The van der Waals surface area contributed by atoms with Crippen LogP contribution in [0.2, 0.25) is 5.15 Å². The molecule has 5 heterocycles. The van der Waals surface area contributed by atoms with Crippen molar-refractivity contribution in [1.82, 2.24) is 24.7 Å². The van der Waals surface area contributed by atoms with Gasteiger partial charge in [0.2, 0.25) is 10.0 Å². The second-order valence-electron chi connectivity index (χ2n) is 10.9. The predicted molar refractivity (Wildman–Crippen MR) is 140 cm³/mol. The summed E-state index contributed by atoms with van der Waals surface area (Å²) in [6.45, 7) is 4.54. The van der Waals surface area contributed by atoms with E-state index in [2.05, 4.69) is 36.4 Å². The number of nitrogens with one attached hydrogen (secondary N) is 2. The first kappa shape index (κ1) is 22.7. The third-order valence-electron chi connectivity index (χ3n) is 8.54. The van der Waals surface area contributed by atoms with Gasteiger partial charge in [-0.3, -0.25) is 0 Å². The molecule has 36 heavy (non-hydrogen) atoms. The summed E-state index contributed by atoms with van der Waals surface area (Å²) in [7, 11) is -3.19. The van der Waals surface area contributed by atoms with E-state index in [0.717, 1.165) is 79.0 Å². The zero-order valence-corrected chi connectivity index (χ0v) is 21.8. The molecule has 2 aliphatic carbocycles. The van der Waals surface area contributed by atoms with Gasteiger partial charge in [0.1, 0.15) is 22.9 Å². The zero-order chi connectivity index (χ0) is 24.6. The van der Waals surface area contributed by atoms with Crippen LogP contribution in [0.3, 0.4) is 0 Å². The Balaban J connectivity index is 1.18.